The summed E-state index contributed by atoms with van der Waals surface area (Å²) >= 11 is 0. The van der Waals surface area contributed by atoms with Gasteiger partial charge in [-0.2, -0.15) is 0 Å². The average Bonchev–Trinajstić information content (AvgIpc) is 3.09. The van der Waals surface area contributed by atoms with Gasteiger partial charge in [-0.05, 0) is 77.9 Å². The van der Waals surface area contributed by atoms with E-state index in [2.05, 4.69) is 38.1 Å². The van der Waals surface area contributed by atoms with Crippen molar-refractivity contribution in [3.05, 3.63) is 23.8 Å². The molecular weight excluding hydrogens is 334 g/mol. The van der Waals surface area contributed by atoms with Crippen molar-refractivity contribution in [3.8, 4) is 0 Å². The van der Waals surface area contributed by atoms with Crippen molar-refractivity contribution >= 4 is 0 Å². The van der Waals surface area contributed by atoms with Crippen LogP contribution in [0.25, 0.3) is 0 Å². The van der Waals surface area contributed by atoms with Gasteiger partial charge in [0, 0.05) is 5.92 Å². The van der Waals surface area contributed by atoms with Gasteiger partial charge in [-0.3, -0.25) is 0 Å². The molecule has 0 amide bonds. The van der Waals surface area contributed by atoms with Crippen LogP contribution in [0.1, 0.15) is 78.1 Å². The summed E-state index contributed by atoms with van der Waals surface area (Å²) < 4.78 is 0. The Morgan fingerprint density at radius 3 is 2.67 bits per heavy atom. The highest BCUT2D eigenvalue weighted by Crippen LogP contribution is 2.48. The average molecular weight is 378 g/mol. The Kier molecular flexibility index (Phi) is 9.04. The van der Waals surface area contributed by atoms with E-state index in [4.69, 9.17) is 0 Å². The summed E-state index contributed by atoms with van der Waals surface area (Å²) in [6.07, 6.45) is 17.7. The van der Waals surface area contributed by atoms with E-state index in [1.165, 1.54) is 45.1 Å². The van der Waals surface area contributed by atoms with E-state index < -0.39 is 5.60 Å². The Morgan fingerprint density at radius 2 is 1.96 bits per heavy atom. The standard InChI is InChI=1S/C24H43NO2/c1-5-6-9-13-24(2,27)14-12-21-22-17-19(16-20(22)18-23(21)26)11-8-7-10-15-25(3)4/h12,14,16,20-23,26-27H,5-11,13,15,17-18H2,1-4H3/t20-,21+,22-,23+,24+/m0/s1. The molecule has 2 rings (SSSR count). The summed E-state index contributed by atoms with van der Waals surface area (Å²) in [5, 5.41) is 21.1. The highest BCUT2D eigenvalue weighted by Gasteiger charge is 2.43. The molecule has 0 unspecified atom stereocenters. The van der Waals surface area contributed by atoms with E-state index in [0.29, 0.717) is 11.8 Å². The molecule has 156 valence electrons. The lowest BCUT2D eigenvalue weighted by Crippen LogP contribution is -2.23. The molecule has 0 aromatic carbocycles. The predicted octanol–water partition coefficient (Wildman–Crippen LogP) is 4.94. The monoisotopic (exact) mass is 377 g/mol. The zero-order valence-corrected chi connectivity index (χ0v) is 18.2. The quantitative estimate of drug-likeness (QED) is 0.374. The van der Waals surface area contributed by atoms with Crippen molar-refractivity contribution in [2.75, 3.05) is 20.6 Å². The summed E-state index contributed by atoms with van der Waals surface area (Å²) in [6, 6.07) is 0. The lowest BCUT2D eigenvalue weighted by atomic mass is 9.87. The number of nitrogens with zero attached hydrogens (tertiary/aromatic N) is 1. The maximum Gasteiger partial charge on any atom is 0.0799 e. The molecule has 1 fully saturated rings. The Morgan fingerprint density at radius 1 is 1.19 bits per heavy atom. The van der Waals surface area contributed by atoms with Crippen molar-refractivity contribution < 1.29 is 10.2 Å². The fourth-order valence-electron chi connectivity index (χ4n) is 4.88. The fourth-order valence-corrected chi connectivity index (χ4v) is 4.88. The maximum absolute atomic E-state index is 10.6. The van der Waals surface area contributed by atoms with E-state index in [9.17, 15) is 10.2 Å². The van der Waals surface area contributed by atoms with Crippen LogP contribution in [-0.4, -0.2) is 47.5 Å². The maximum atomic E-state index is 10.6. The molecule has 1 saturated carbocycles. The third-order valence-electron chi connectivity index (χ3n) is 6.52. The number of unbranched alkanes of at least 4 members (excludes halogenated alkanes) is 4. The molecule has 0 aromatic heterocycles. The lowest BCUT2D eigenvalue weighted by molar-refractivity contribution is 0.0957. The number of aliphatic hydroxyl groups is 2. The smallest absolute Gasteiger partial charge is 0.0799 e. The van der Waals surface area contributed by atoms with Gasteiger partial charge in [-0.1, -0.05) is 56.4 Å². The summed E-state index contributed by atoms with van der Waals surface area (Å²) in [5.41, 5.74) is 0.865. The molecule has 0 heterocycles. The van der Waals surface area contributed by atoms with Gasteiger partial charge in [-0.15, -0.1) is 0 Å². The minimum Gasteiger partial charge on any atom is -0.392 e. The van der Waals surface area contributed by atoms with Crippen LogP contribution < -0.4 is 0 Å². The Balaban J connectivity index is 1.80. The van der Waals surface area contributed by atoms with Crippen molar-refractivity contribution in [1.29, 1.82) is 0 Å². The van der Waals surface area contributed by atoms with Crippen LogP contribution in [0.15, 0.2) is 23.8 Å². The number of hydrogen-bond acceptors (Lipinski definition) is 3. The number of hydrogen-bond donors (Lipinski definition) is 2. The van der Waals surface area contributed by atoms with E-state index in [1.54, 1.807) is 5.57 Å². The fraction of sp³-hybridized carbons (Fsp3) is 0.833. The van der Waals surface area contributed by atoms with Crippen LogP contribution in [0, 0.1) is 17.8 Å². The van der Waals surface area contributed by atoms with Gasteiger partial charge in [0.25, 0.3) is 0 Å². The van der Waals surface area contributed by atoms with Crippen LogP contribution in [0.3, 0.4) is 0 Å². The van der Waals surface area contributed by atoms with Crippen molar-refractivity contribution in [2.45, 2.75) is 89.8 Å². The number of rotatable bonds is 12. The van der Waals surface area contributed by atoms with Crippen LogP contribution in [0.5, 0.6) is 0 Å². The van der Waals surface area contributed by atoms with Crippen LogP contribution >= 0.6 is 0 Å². The second-order valence-corrected chi connectivity index (χ2v) is 9.52. The Labute approximate surface area is 167 Å². The van der Waals surface area contributed by atoms with Gasteiger partial charge < -0.3 is 15.1 Å². The molecule has 2 N–H and O–H groups in total. The molecule has 3 heteroatoms. The third-order valence-corrected chi connectivity index (χ3v) is 6.52. The van der Waals surface area contributed by atoms with E-state index in [1.807, 2.05) is 13.0 Å². The van der Waals surface area contributed by atoms with Crippen LogP contribution in [-0.2, 0) is 0 Å². The molecule has 0 saturated heterocycles. The van der Waals surface area contributed by atoms with Gasteiger partial charge in [0.15, 0.2) is 0 Å². The van der Waals surface area contributed by atoms with Crippen LogP contribution in [0.2, 0.25) is 0 Å². The molecule has 2 aliphatic carbocycles. The zero-order chi connectivity index (χ0) is 19.9. The van der Waals surface area contributed by atoms with E-state index >= 15 is 0 Å². The minimum atomic E-state index is -0.742. The molecule has 3 nitrogen and oxygen atoms in total. The molecule has 0 radical (unpaired) electrons. The van der Waals surface area contributed by atoms with Gasteiger partial charge in [-0.25, -0.2) is 0 Å². The molecule has 27 heavy (non-hydrogen) atoms. The van der Waals surface area contributed by atoms with E-state index in [-0.39, 0.29) is 12.0 Å². The SMILES string of the molecule is CCCCC[C@@](C)(O)C=C[C@@H]1[C@H]2CC(CCCCCN(C)C)=C[C@H]2C[C@H]1O. The topological polar surface area (TPSA) is 43.7 Å². The number of allylic oxidation sites excluding steroid dienone is 2. The first-order chi connectivity index (χ1) is 12.8. The molecule has 0 spiro atoms. The van der Waals surface area contributed by atoms with Crippen molar-refractivity contribution in [2.24, 2.45) is 17.8 Å². The molecule has 2 aliphatic rings. The summed E-state index contributed by atoms with van der Waals surface area (Å²) in [5.74, 6) is 1.28. The zero-order valence-electron chi connectivity index (χ0n) is 18.2. The molecule has 0 aromatic rings. The second-order valence-electron chi connectivity index (χ2n) is 9.52. The summed E-state index contributed by atoms with van der Waals surface area (Å²) in [7, 11) is 4.28. The Hall–Kier alpha value is -0.640. The summed E-state index contributed by atoms with van der Waals surface area (Å²) in [6.45, 7) is 5.28. The molecule has 5 atom stereocenters. The largest absolute Gasteiger partial charge is 0.392 e. The first kappa shape index (κ1) is 22.6. The lowest BCUT2D eigenvalue weighted by Gasteiger charge is -2.22. The normalized spacial score (nSPS) is 30.1. The van der Waals surface area contributed by atoms with Gasteiger partial charge >= 0.3 is 0 Å². The van der Waals surface area contributed by atoms with Crippen LogP contribution in [0.4, 0.5) is 0 Å². The molecule has 0 aliphatic heterocycles. The first-order valence-corrected chi connectivity index (χ1v) is 11.3. The first-order valence-electron chi connectivity index (χ1n) is 11.3. The van der Waals surface area contributed by atoms with Gasteiger partial charge in [0.05, 0.1) is 11.7 Å². The number of aliphatic hydroxyl groups excluding tert-OH is 1. The predicted molar refractivity (Wildman–Crippen MR) is 115 cm³/mol. The highest BCUT2D eigenvalue weighted by atomic mass is 16.3. The van der Waals surface area contributed by atoms with E-state index in [0.717, 1.165) is 25.7 Å². The summed E-state index contributed by atoms with van der Waals surface area (Å²) in [4.78, 5) is 2.26. The second kappa shape index (κ2) is 10.8. The molecular formula is C24H43NO2. The van der Waals surface area contributed by atoms with Gasteiger partial charge in [0.2, 0.25) is 0 Å². The van der Waals surface area contributed by atoms with Crippen molar-refractivity contribution in [3.63, 3.8) is 0 Å². The molecule has 0 bridgehead atoms. The minimum absolute atomic E-state index is 0.204. The number of fused-ring (bicyclic) bond motifs is 1. The highest BCUT2D eigenvalue weighted by molar-refractivity contribution is 5.21. The Bertz CT molecular complexity index is 495. The van der Waals surface area contributed by atoms with Gasteiger partial charge in [0.1, 0.15) is 0 Å². The van der Waals surface area contributed by atoms with Crippen molar-refractivity contribution in [1.82, 2.24) is 4.90 Å². The third kappa shape index (κ3) is 7.36.